The minimum absolute atomic E-state index is 0.0920. The van der Waals surface area contributed by atoms with Gasteiger partial charge in [0, 0.05) is 13.2 Å². The monoisotopic (exact) mass is 277 g/mol. The summed E-state index contributed by atoms with van der Waals surface area (Å²) < 4.78 is 10.9. The van der Waals surface area contributed by atoms with Crippen molar-refractivity contribution in [3.8, 4) is 5.75 Å². The number of methoxy groups -OCH3 is 1. The van der Waals surface area contributed by atoms with Gasteiger partial charge in [0.25, 0.3) is 0 Å². The highest BCUT2D eigenvalue weighted by Gasteiger charge is 2.12. The predicted molar refractivity (Wildman–Crippen MR) is 82.4 cm³/mol. The van der Waals surface area contributed by atoms with Gasteiger partial charge in [0.15, 0.2) is 0 Å². The molecule has 2 atom stereocenters. The van der Waals surface area contributed by atoms with Gasteiger partial charge in [0.2, 0.25) is 0 Å². The van der Waals surface area contributed by atoms with Gasteiger partial charge in [-0.25, -0.2) is 0 Å². The van der Waals surface area contributed by atoms with Crippen LogP contribution in [-0.2, 0) is 11.2 Å². The molecule has 3 nitrogen and oxygen atoms in total. The molecular weight excluding hydrogens is 250 g/mol. The maximum atomic E-state index is 5.78. The molecule has 0 aromatic heterocycles. The van der Waals surface area contributed by atoms with Crippen LogP contribution in [0.5, 0.6) is 5.75 Å². The van der Waals surface area contributed by atoms with Gasteiger partial charge in [0.1, 0.15) is 11.9 Å². The van der Waals surface area contributed by atoms with Crippen LogP contribution < -0.4 is 10.1 Å². The predicted octanol–water partition coefficient (Wildman–Crippen LogP) is 3.18. The van der Waals surface area contributed by atoms with E-state index in [1.54, 1.807) is 7.11 Å². The fraction of sp³-hybridized carbons (Fsp3) is 0.647. The molecule has 112 valence electrons. The van der Waals surface area contributed by atoms with Crippen molar-refractivity contribution in [2.24, 2.45) is 0 Å². The lowest BCUT2D eigenvalue weighted by Crippen LogP contribution is -2.30. The normalized spacial score (nSPS) is 21.2. The topological polar surface area (TPSA) is 30.5 Å². The molecule has 1 aromatic rings. The molecule has 2 rings (SSSR count). The van der Waals surface area contributed by atoms with Gasteiger partial charge >= 0.3 is 0 Å². The minimum atomic E-state index is 0.0920. The Morgan fingerprint density at radius 3 is 2.75 bits per heavy atom. The third-order valence-electron chi connectivity index (χ3n) is 3.81. The van der Waals surface area contributed by atoms with E-state index in [-0.39, 0.29) is 6.10 Å². The van der Waals surface area contributed by atoms with E-state index in [1.165, 1.54) is 37.8 Å². The fourth-order valence-corrected chi connectivity index (χ4v) is 2.76. The molecule has 1 heterocycles. The van der Waals surface area contributed by atoms with Crippen molar-refractivity contribution < 1.29 is 9.47 Å². The van der Waals surface area contributed by atoms with Gasteiger partial charge in [-0.3, -0.25) is 0 Å². The fourth-order valence-electron chi connectivity index (χ4n) is 2.76. The summed E-state index contributed by atoms with van der Waals surface area (Å²) in [6.07, 6.45) is 6.55. The van der Waals surface area contributed by atoms with Crippen molar-refractivity contribution in [2.45, 2.75) is 51.2 Å². The quantitative estimate of drug-likeness (QED) is 0.866. The third-order valence-corrected chi connectivity index (χ3v) is 3.81. The van der Waals surface area contributed by atoms with Gasteiger partial charge in [-0.2, -0.15) is 0 Å². The van der Waals surface area contributed by atoms with E-state index in [0.29, 0.717) is 12.6 Å². The Hall–Kier alpha value is -1.06. The maximum absolute atomic E-state index is 5.78. The molecule has 0 radical (unpaired) electrons. The molecular formula is C17H27NO2. The zero-order valence-corrected chi connectivity index (χ0v) is 12.7. The van der Waals surface area contributed by atoms with E-state index >= 15 is 0 Å². The molecule has 0 amide bonds. The maximum Gasteiger partial charge on any atom is 0.119 e. The van der Waals surface area contributed by atoms with Crippen molar-refractivity contribution in [1.29, 1.82) is 0 Å². The molecule has 20 heavy (non-hydrogen) atoms. The molecule has 1 N–H and O–H groups in total. The van der Waals surface area contributed by atoms with Crippen LogP contribution >= 0.6 is 0 Å². The van der Waals surface area contributed by atoms with Gasteiger partial charge < -0.3 is 14.8 Å². The second-order valence-electron chi connectivity index (χ2n) is 5.73. The number of ether oxygens (including phenoxy) is 2. The van der Waals surface area contributed by atoms with Crippen LogP contribution in [0, 0.1) is 0 Å². The van der Waals surface area contributed by atoms with E-state index < -0.39 is 0 Å². The summed E-state index contributed by atoms with van der Waals surface area (Å²) in [5.74, 6) is 0.923. The third kappa shape index (κ3) is 5.14. The van der Waals surface area contributed by atoms with E-state index in [9.17, 15) is 0 Å². The largest absolute Gasteiger partial charge is 0.488 e. The molecule has 1 aromatic carbocycles. The van der Waals surface area contributed by atoms with E-state index in [2.05, 4.69) is 29.6 Å². The lowest BCUT2D eigenvalue weighted by atomic mass is 10.0. The summed E-state index contributed by atoms with van der Waals surface area (Å²) in [5, 5.41) is 3.65. The standard InChI is InChI=1S/C17H27NO2/c1-14(13-19-2)20-17-9-7-15(8-10-17)12-16-6-4-3-5-11-18-16/h7-10,14,16,18H,3-6,11-13H2,1-2H3/t14-,16?/m1/s1. The van der Waals surface area contributed by atoms with Crippen LogP contribution in [0.3, 0.4) is 0 Å². The Labute approximate surface area is 122 Å². The molecule has 1 aliphatic heterocycles. The summed E-state index contributed by atoms with van der Waals surface area (Å²) in [5.41, 5.74) is 1.39. The Kier molecular flexibility index (Phi) is 6.34. The van der Waals surface area contributed by atoms with Gasteiger partial charge in [0.05, 0.1) is 6.61 Å². The first-order chi connectivity index (χ1) is 9.78. The van der Waals surface area contributed by atoms with Crippen molar-refractivity contribution in [1.82, 2.24) is 5.32 Å². The number of hydrogen-bond acceptors (Lipinski definition) is 3. The van der Waals surface area contributed by atoms with E-state index in [4.69, 9.17) is 9.47 Å². The summed E-state index contributed by atoms with van der Waals surface area (Å²) in [4.78, 5) is 0. The summed E-state index contributed by atoms with van der Waals surface area (Å²) in [6.45, 7) is 3.81. The zero-order valence-electron chi connectivity index (χ0n) is 12.7. The van der Waals surface area contributed by atoms with Crippen molar-refractivity contribution in [3.05, 3.63) is 29.8 Å². The summed E-state index contributed by atoms with van der Waals surface area (Å²) in [6, 6.07) is 9.14. The highest BCUT2D eigenvalue weighted by Crippen LogP contribution is 2.17. The second kappa shape index (κ2) is 8.28. The molecule has 0 bridgehead atoms. The van der Waals surface area contributed by atoms with Crippen LogP contribution in [0.1, 0.15) is 38.2 Å². The highest BCUT2D eigenvalue weighted by molar-refractivity contribution is 5.28. The van der Waals surface area contributed by atoms with Gasteiger partial charge in [-0.1, -0.05) is 25.0 Å². The lowest BCUT2D eigenvalue weighted by Gasteiger charge is -2.17. The van der Waals surface area contributed by atoms with Gasteiger partial charge in [-0.05, 0) is 50.4 Å². The van der Waals surface area contributed by atoms with Crippen LogP contribution in [0.4, 0.5) is 0 Å². The van der Waals surface area contributed by atoms with E-state index in [0.717, 1.165) is 12.2 Å². The Balaban J connectivity index is 1.84. The number of benzene rings is 1. The van der Waals surface area contributed by atoms with Crippen LogP contribution in [0.2, 0.25) is 0 Å². The number of rotatable bonds is 6. The first-order valence-corrected chi connectivity index (χ1v) is 7.76. The number of hydrogen-bond donors (Lipinski definition) is 1. The van der Waals surface area contributed by atoms with Crippen LogP contribution in [0.25, 0.3) is 0 Å². The number of nitrogens with one attached hydrogen (secondary N) is 1. The summed E-state index contributed by atoms with van der Waals surface area (Å²) in [7, 11) is 1.70. The zero-order chi connectivity index (χ0) is 14.2. The first-order valence-electron chi connectivity index (χ1n) is 7.76. The van der Waals surface area contributed by atoms with Crippen molar-refractivity contribution in [2.75, 3.05) is 20.3 Å². The molecule has 1 unspecified atom stereocenters. The first kappa shape index (κ1) is 15.3. The Morgan fingerprint density at radius 1 is 1.20 bits per heavy atom. The molecule has 1 aliphatic rings. The molecule has 1 saturated heterocycles. The Morgan fingerprint density at radius 2 is 2.00 bits per heavy atom. The smallest absolute Gasteiger partial charge is 0.119 e. The molecule has 0 aliphatic carbocycles. The molecule has 0 spiro atoms. The second-order valence-corrected chi connectivity index (χ2v) is 5.73. The highest BCUT2D eigenvalue weighted by atomic mass is 16.5. The molecule has 1 fully saturated rings. The molecule has 3 heteroatoms. The summed E-state index contributed by atoms with van der Waals surface area (Å²) >= 11 is 0. The minimum Gasteiger partial charge on any atom is -0.488 e. The SMILES string of the molecule is COC[C@@H](C)Oc1ccc(CC2CCCCCN2)cc1. The lowest BCUT2D eigenvalue weighted by molar-refractivity contribution is 0.0921. The van der Waals surface area contributed by atoms with Crippen molar-refractivity contribution >= 4 is 0 Å². The average Bonchev–Trinajstić information content (AvgIpc) is 2.70. The average molecular weight is 277 g/mol. The van der Waals surface area contributed by atoms with Crippen LogP contribution in [0.15, 0.2) is 24.3 Å². The van der Waals surface area contributed by atoms with E-state index in [1.807, 2.05) is 6.92 Å². The van der Waals surface area contributed by atoms with Crippen LogP contribution in [-0.4, -0.2) is 32.4 Å². The van der Waals surface area contributed by atoms with Crippen molar-refractivity contribution in [3.63, 3.8) is 0 Å². The van der Waals surface area contributed by atoms with Gasteiger partial charge in [-0.15, -0.1) is 0 Å². The Bertz CT molecular complexity index is 369. The molecule has 0 saturated carbocycles.